The van der Waals surface area contributed by atoms with E-state index in [4.69, 9.17) is 9.47 Å². The van der Waals surface area contributed by atoms with Crippen LogP contribution in [0.4, 0.5) is 18.0 Å². The quantitative estimate of drug-likeness (QED) is 0.105. The van der Waals surface area contributed by atoms with E-state index in [1.54, 1.807) is 27.7 Å². The number of nitrogens with one attached hydrogen (secondary N) is 6. The van der Waals surface area contributed by atoms with Gasteiger partial charge >= 0.3 is 18.2 Å². The fraction of sp³-hybridized carbons (Fsp3) is 0.729. The molecule has 4 fully saturated rings. The summed E-state index contributed by atoms with van der Waals surface area (Å²) in [6.45, 7) is 6.88. The van der Waals surface area contributed by atoms with Crippen LogP contribution < -0.4 is 31.9 Å². The second-order valence-electron chi connectivity index (χ2n) is 19.8. The van der Waals surface area contributed by atoms with Gasteiger partial charge in [0.15, 0.2) is 0 Å². The molecule has 1 aromatic rings. The molecular formula is C48H71F3N6O9. The van der Waals surface area contributed by atoms with Crippen LogP contribution in [0.2, 0.25) is 0 Å². The second kappa shape index (κ2) is 24.2. The van der Waals surface area contributed by atoms with Crippen molar-refractivity contribution in [2.45, 2.75) is 198 Å². The third-order valence-corrected chi connectivity index (χ3v) is 13.3. The normalized spacial score (nSPS) is 26.8. The zero-order chi connectivity index (χ0) is 48.0. The monoisotopic (exact) mass is 933 g/mol. The van der Waals surface area contributed by atoms with Crippen molar-refractivity contribution in [3.8, 4) is 0 Å². The SMILES string of the molecule is C[C@@H](CC(=O)N[C@H]1CCCC[C@@H]1C(=O)OCc1ccccc1)NC(=O)[C@H]1CCCC[C@@H]1NC(=O)[C@H]1CCCC[C@@H]1NC(=O)C[C@@H](NC(=O)[C@H]1CCCC[C@@H]1NC(=O)OC(C)(C)C)C(F)(F)F. The molecule has 0 heterocycles. The van der Waals surface area contributed by atoms with Crippen LogP contribution in [-0.2, 0) is 44.8 Å². The Labute approximate surface area is 386 Å². The van der Waals surface area contributed by atoms with E-state index in [1.165, 1.54) is 0 Å². The summed E-state index contributed by atoms with van der Waals surface area (Å²) in [6, 6.07) is 3.89. The van der Waals surface area contributed by atoms with E-state index in [1.807, 2.05) is 35.6 Å². The average molecular weight is 933 g/mol. The molecule has 15 nitrogen and oxygen atoms in total. The molecule has 10 atom stereocenters. The third-order valence-electron chi connectivity index (χ3n) is 13.3. The maximum atomic E-state index is 14.4. The summed E-state index contributed by atoms with van der Waals surface area (Å²) in [5.41, 5.74) is 0.0573. The number of carbonyl (C=O) groups is 7. The van der Waals surface area contributed by atoms with Crippen LogP contribution in [-0.4, -0.2) is 89.6 Å². The number of hydrogen-bond donors (Lipinski definition) is 6. The zero-order valence-electron chi connectivity index (χ0n) is 38.9. The molecule has 4 saturated carbocycles. The second-order valence-corrected chi connectivity index (χ2v) is 19.8. The first-order chi connectivity index (χ1) is 31.3. The molecule has 6 amide bonds. The van der Waals surface area contributed by atoms with Crippen LogP contribution >= 0.6 is 0 Å². The van der Waals surface area contributed by atoms with Gasteiger partial charge in [-0.2, -0.15) is 13.2 Å². The molecule has 6 N–H and O–H groups in total. The van der Waals surface area contributed by atoms with Crippen molar-refractivity contribution in [3.05, 3.63) is 35.9 Å². The maximum Gasteiger partial charge on any atom is 0.409 e. The molecule has 5 rings (SSSR count). The van der Waals surface area contributed by atoms with Crippen LogP contribution in [0.5, 0.6) is 0 Å². The predicted octanol–water partition coefficient (Wildman–Crippen LogP) is 6.17. The number of rotatable bonds is 16. The fourth-order valence-electron chi connectivity index (χ4n) is 9.95. The van der Waals surface area contributed by atoms with Gasteiger partial charge in [-0.15, -0.1) is 0 Å². The first-order valence-electron chi connectivity index (χ1n) is 24.0. The molecule has 4 aliphatic rings. The van der Waals surface area contributed by atoms with E-state index in [-0.39, 0.29) is 43.3 Å². The molecule has 66 heavy (non-hydrogen) atoms. The Balaban J connectivity index is 1.11. The average Bonchev–Trinajstić information content (AvgIpc) is 3.25. The molecule has 1 aromatic carbocycles. The van der Waals surface area contributed by atoms with E-state index < -0.39 is 95.9 Å². The van der Waals surface area contributed by atoms with Crippen LogP contribution in [0.3, 0.4) is 0 Å². The van der Waals surface area contributed by atoms with Crippen molar-refractivity contribution in [1.29, 1.82) is 0 Å². The first-order valence-corrected chi connectivity index (χ1v) is 24.0. The third kappa shape index (κ3) is 16.2. The minimum Gasteiger partial charge on any atom is -0.461 e. The topological polar surface area (TPSA) is 210 Å². The Morgan fingerprint density at radius 3 is 1.55 bits per heavy atom. The van der Waals surface area contributed by atoms with Crippen molar-refractivity contribution in [2.75, 3.05) is 0 Å². The molecular weight excluding hydrogens is 862 g/mol. The van der Waals surface area contributed by atoms with Crippen LogP contribution in [0.25, 0.3) is 0 Å². The summed E-state index contributed by atoms with van der Waals surface area (Å²) >= 11 is 0. The summed E-state index contributed by atoms with van der Waals surface area (Å²) in [7, 11) is 0. The number of halogens is 3. The lowest BCUT2D eigenvalue weighted by molar-refractivity contribution is -0.167. The van der Waals surface area contributed by atoms with Gasteiger partial charge in [0.25, 0.3) is 0 Å². The lowest BCUT2D eigenvalue weighted by atomic mass is 9.81. The number of carbonyl (C=O) groups excluding carboxylic acids is 7. The van der Waals surface area contributed by atoms with Gasteiger partial charge in [0, 0.05) is 36.6 Å². The van der Waals surface area contributed by atoms with E-state index in [2.05, 4.69) is 26.6 Å². The molecule has 0 saturated heterocycles. The van der Waals surface area contributed by atoms with Gasteiger partial charge in [-0.05, 0) is 84.6 Å². The summed E-state index contributed by atoms with van der Waals surface area (Å²) in [6.07, 6.45) is 2.55. The number of esters is 1. The van der Waals surface area contributed by atoms with E-state index in [0.29, 0.717) is 70.6 Å². The lowest BCUT2D eigenvalue weighted by Crippen LogP contribution is -2.56. The number of benzene rings is 1. The van der Waals surface area contributed by atoms with E-state index in [9.17, 15) is 46.7 Å². The minimum atomic E-state index is -4.96. The van der Waals surface area contributed by atoms with Crippen LogP contribution in [0, 0.1) is 23.7 Å². The van der Waals surface area contributed by atoms with Crippen molar-refractivity contribution in [1.82, 2.24) is 31.9 Å². The molecule has 0 radical (unpaired) electrons. The number of alkyl halides is 3. The van der Waals surface area contributed by atoms with Gasteiger partial charge in [-0.25, -0.2) is 4.79 Å². The largest absolute Gasteiger partial charge is 0.461 e. The summed E-state index contributed by atoms with van der Waals surface area (Å²) in [5, 5.41) is 16.3. The first kappa shape index (κ1) is 52.1. The summed E-state index contributed by atoms with van der Waals surface area (Å²) < 4.78 is 54.0. The van der Waals surface area contributed by atoms with E-state index in [0.717, 1.165) is 31.2 Å². The molecule has 0 bridgehead atoms. The standard InChI is InChI=1S/C48H71F3N6O9/c1-29(26-40(58)54-38-25-15-11-21-34(38)45(63)65-28-30-16-6-5-7-17-30)52-42(60)32-19-9-13-23-36(32)55-43(61)31-18-8-12-22-35(31)53-41(59)27-39(48(49,50)51)57-44(62)33-20-10-14-24-37(33)56-46(64)66-47(2,3)4/h5-7,16-17,29,31-39H,8-15,18-28H2,1-4H3,(H,52,60)(H,53,59)(H,54,58)(H,55,61)(H,56,64)(H,57,62)/t29-,31-,32-,33-,34-,35-,36-,37-,38-,39+/m0/s1. The highest BCUT2D eigenvalue weighted by Gasteiger charge is 2.45. The van der Waals surface area contributed by atoms with Crippen LogP contribution in [0.15, 0.2) is 30.3 Å². The Hall–Kier alpha value is -4.90. The van der Waals surface area contributed by atoms with Gasteiger partial charge < -0.3 is 41.4 Å². The van der Waals surface area contributed by atoms with Gasteiger partial charge in [-0.3, -0.25) is 28.8 Å². The van der Waals surface area contributed by atoms with Gasteiger partial charge in [0.05, 0.1) is 30.1 Å². The molecule has 4 aliphatic carbocycles. The highest BCUT2D eigenvalue weighted by molar-refractivity contribution is 5.86. The molecule has 0 unspecified atom stereocenters. The van der Waals surface area contributed by atoms with Crippen molar-refractivity contribution in [2.24, 2.45) is 23.7 Å². The van der Waals surface area contributed by atoms with Crippen molar-refractivity contribution < 1.29 is 56.2 Å². The lowest BCUT2D eigenvalue weighted by Gasteiger charge is -2.36. The Morgan fingerprint density at radius 2 is 1.02 bits per heavy atom. The van der Waals surface area contributed by atoms with Crippen molar-refractivity contribution in [3.63, 3.8) is 0 Å². The Morgan fingerprint density at radius 1 is 0.576 bits per heavy atom. The highest BCUT2D eigenvalue weighted by atomic mass is 19.4. The fourth-order valence-corrected chi connectivity index (χ4v) is 9.95. The van der Waals surface area contributed by atoms with Gasteiger partial charge in [-0.1, -0.05) is 81.7 Å². The summed E-state index contributed by atoms with van der Waals surface area (Å²) in [4.78, 5) is 93.0. The van der Waals surface area contributed by atoms with Crippen LogP contribution in [0.1, 0.15) is 149 Å². The molecule has 368 valence electrons. The molecule has 0 aliphatic heterocycles. The summed E-state index contributed by atoms with van der Waals surface area (Å²) in [5.74, 6) is -6.03. The number of alkyl carbamates (subject to hydrolysis) is 1. The highest BCUT2D eigenvalue weighted by Crippen LogP contribution is 2.31. The Bertz CT molecular complexity index is 1830. The smallest absolute Gasteiger partial charge is 0.409 e. The molecule has 18 heteroatoms. The van der Waals surface area contributed by atoms with E-state index >= 15 is 0 Å². The molecule has 0 spiro atoms. The van der Waals surface area contributed by atoms with Crippen molar-refractivity contribution >= 4 is 41.6 Å². The number of hydrogen-bond acceptors (Lipinski definition) is 9. The Kier molecular flexibility index (Phi) is 19.1. The maximum absolute atomic E-state index is 14.4. The predicted molar refractivity (Wildman–Crippen MR) is 238 cm³/mol. The minimum absolute atomic E-state index is 0.0213. The zero-order valence-corrected chi connectivity index (χ0v) is 38.9. The number of ether oxygens (including phenoxy) is 2. The van der Waals surface area contributed by atoms with Gasteiger partial charge in [0.2, 0.25) is 29.5 Å². The van der Waals surface area contributed by atoms with Gasteiger partial charge in [0.1, 0.15) is 18.2 Å². The number of amides is 6. The molecule has 0 aromatic heterocycles.